The van der Waals surface area contributed by atoms with Crippen LogP contribution in [-0.2, 0) is 12.8 Å². The Morgan fingerprint density at radius 1 is 1.00 bits per heavy atom. The standard InChI is InChI=1S/C18H14N2O2/c21-18(22)16-15-11-10-12-6-4-5-9-14(12)17(15)20(19-16)13-7-2-1-3-8-13/h1-9H,10-11H2,(H,21,22). The van der Waals surface area contributed by atoms with Gasteiger partial charge in [-0.3, -0.25) is 0 Å². The summed E-state index contributed by atoms with van der Waals surface area (Å²) in [4.78, 5) is 11.6. The Bertz CT molecular complexity index is 866. The van der Waals surface area contributed by atoms with E-state index >= 15 is 0 Å². The molecule has 0 unspecified atom stereocenters. The van der Waals surface area contributed by atoms with E-state index in [1.807, 2.05) is 48.5 Å². The molecule has 1 aromatic heterocycles. The van der Waals surface area contributed by atoms with Gasteiger partial charge in [0.05, 0.1) is 11.4 Å². The van der Waals surface area contributed by atoms with Gasteiger partial charge in [0, 0.05) is 11.1 Å². The van der Waals surface area contributed by atoms with Crippen molar-refractivity contribution < 1.29 is 9.90 Å². The minimum atomic E-state index is -0.967. The number of aromatic carboxylic acids is 1. The predicted molar refractivity (Wildman–Crippen MR) is 83.4 cm³/mol. The van der Waals surface area contributed by atoms with Gasteiger partial charge in [0.15, 0.2) is 5.69 Å². The normalized spacial score (nSPS) is 12.5. The molecule has 0 spiro atoms. The summed E-state index contributed by atoms with van der Waals surface area (Å²) in [5.41, 5.74) is 5.09. The van der Waals surface area contributed by atoms with E-state index in [4.69, 9.17) is 0 Å². The summed E-state index contributed by atoms with van der Waals surface area (Å²) in [6.07, 6.45) is 1.56. The van der Waals surface area contributed by atoms with Crippen molar-refractivity contribution in [2.24, 2.45) is 0 Å². The number of carboxylic acid groups (broad SMARTS) is 1. The number of carbonyl (C=O) groups is 1. The number of aromatic nitrogens is 2. The summed E-state index contributed by atoms with van der Waals surface area (Å²) < 4.78 is 1.76. The van der Waals surface area contributed by atoms with Gasteiger partial charge in [0.1, 0.15) is 0 Å². The summed E-state index contributed by atoms with van der Waals surface area (Å²) >= 11 is 0. The fourth-order valence-corrected chi connectivity index (χ4v) is 3.12. The Morgan fingerprint density at radius 2 is 1.73 bits per heavy atom. The predicted octanol–water partition coefficient (Wildman–Crippen LogP) is 3.34. The fourth-order valence-electron chi connectivity index (χ4n) is 3.12. The van der Waals surface area contributed by atoms with Crippen LogP contribution in [0.5, 0.6) is 0 Å². The maximum absolute atomic E-state index is 11.6. The molecule has 3 aromatic rings. The summed E-state index contributed by atoms with van der Waals surface area (Å²) in [6, 6.07) is 17.8. The molecule has 4 heteroatoms. The average Bonchev–Trinajstić information content (AvgIpc) is 2.96. The van der Waals surface area contributed by atoms with Crippen molar-refractivity contribution in [3.05, 3.63) is 71.4 Å². The highest BCUT2D eigenvalue weighted by molar-refractivity contribution is 5.91. The monoisotopic (exact) mass is 290 g/mol. The van der Waals surface area contributed by atoms with Crippen LogP contribution in [0.3, 0.4) is 0 Å². The van der Waals surface area contributed by atoms with Crippen LogP contribution in [0, 0.1) is 0 Å². The highest BCUT2D eigenvalue weighted by Gasteiger charge is 2.28. The molecule has 4 nitrogen and oxygen atoms in total. The molecule has 2 aromatic carbocycles. The molecule has 0 bridgehead atoms. The highest BCUT2D eigenvalue weighted by atomic mass is 16.4. The van der Waals surface area contributed by atoms with Crippen LogP contribution in [0.25, 0.3) is 16.9 Å². The average molecular weight is 290 g/mol. The quantitative estimate of drug-likeness (QED) is 0.787. The molecule has 0 saturated carbocycles. The molecule has 0 atom stereocenters. The van der Waals surface area contributed by atoms with E-state index in [2.05, 4.69) is 11.2 Å². The SMILES string of the molecule is O=C(O)c1nn(-c2ccccc2)c2c1CCc1ccccc1-2. The molecule has 0 aliphatic heterocycles. The molecule has 22 heavy (non-hydrogen) atoms. The van der Waals surface area contributed by atoms with Crippen LogP contribution in [0.15, 0.2) is 54.6 Å². The van der Waals surface area contributed by atoms with Crippen molar-refractivity contribution in [2.45, 2.75) is 12.8 Å². The van der Waals surface area contributed by atoms with Gasteiger partial charge in [0.25, 0.3) is 0 Å². The lowest BCUT2D eigenvalue weighted by atomic mass is 9.89. The number of hydrogen-bond donors (Lipinski definition) is 1. The molecule has 1 aliphatic carbocycles. The van der Waals surface area contributed by atoms with E-state index in [1.54, 1.807) is 4.68 Å². The smallest absolute Gasteiger partial charge is 0.356 e. The van der Waals surface area contributed by atoms with Crippen LogP contribution in [0.4, 0.5) is 0 Å². The minimum absolute atomic E-state index is 0.161. The van der Waals surface area contributed by atoms with Crippen LogP contribution >= 0.6 is 0 Å². The largest absolute Gasteiger partial charge is 0.476 e. The number of para-hydroxylation sites is 1. The van der Waals surface area contributed by atoms with Crippen molar-refractivity contribution in [3.8, 4) is 16.9 Å². The lowest BCUT2D eigenvalue weighted by Crippen LogP contribution is -2.08. The first-order valence-electron chi connectivity index (χ1n) is 7.24. The number of benzene rings is 2. The number of nitrogens with zero attached hydrogens (tertiary/aromatic N) is 2. The molecule has 1 heterocycles. The zero-order chi connectivity index (χ0) is 15.1. The molecular weight excluding hydrogens is 276 g/mol. The van der Waals surface area contributed by atoms with Gasteiger partial charge in [-0.15, -0.1) is 0 Å². The maximum atomic E-state index is 11.6. The van der Waals surface area contributed by atoms with Crippen LogP contribution in [0.1, 0.15) is 21.6 Å². The molecule has 0 amide bonds. The molecule has 1 aliphatic rings. The molecular formula is C18H14N2O2. The third-order valence-corrected chi connectivity index (χ3v) is 4.10. The number of fused-ring (bicyclic) bond motifs is 3. The topological polar surface area (TPSA) is 55.1 Å². The van der Waals surface area contributed by atoms with E-state index in [1.165, 1.54) is 5.56 Å². The third-order valence-electron chi connectivity index (χ3n) is 4.10. The van der Waals surface area contributed by atoms with Crippen molar-refractivity contribution in [3.63, 3.8) is 0 Å². The minimum Gasteiger partial charge on any atom is -0.476 e. The molecule has 4 rings (SSSR count). The van der Waals surface area contributed by atoms with Crippen molar-refractivity contribution in [2.75, 3.05) is 0 Å². The highest BCUT2D eigenvalue weighted by Crippen LogP contribution is 2.36. The molecule has 0 fully saturated rings. The second-order valence-electron chi connectivity index (χ2n) is 5.39. The van der Waals surface area contributed by atoms with E-state index in [0.29, 0.717) is 6.42 Å². The van der Waals surface area contributed by atoms with Gasteiger partial charge >= 0.3 is 5.97 Å². The van der Waals surface area contributed by atoms with Gasteiger partial charge in [-0.2, -0.15) is 5.10 Å². The second kappa shape index (κ2) is 4.84. The van der Waals surface area contributed by atoms with Gasteiger partial charge in [-0.1, -0.05) is 42.5 Å². The molecule has 0 saturated heterocycles. The first kappa shape index (κ1) is 12.8. The van der Waals surface area contributed by atoms with Gasteiger partial charge < -0.3 is 5.11 Å². The second-order valence-corrected chi connectivity index (χ2v) is 5.39. The van der Waals surface area contributed by atoms with E-state index in [9.17, 15) is 9.90 Å². The Kier molecular flexibility index (Phi) is 2.82. The van der Waals surface area contributed by atoms with Crippen molar-refractivity contribution >= 4 is 5.97 Å². The number of carboxylic acids is 1. The Morgan fingerprint density at radius 3 is 2.50 bits per heavy atom. The zero-order valence-corrected chi connectivity index (χ0v) is 11.9. The Balaban J connectivity index is 2.04. The summed E-state index contributed by atoms with van der Waals surface area (Å²) in [7, 11) is 0. The Hall–Kier alpha value is -2.88. The molecule has 0 radical (unpaired) electrons. The summed E-state index contributed by atoms with van der Waals surface area (Å²) in [5, 5.41) is 13.9. The first-order chi connectivity index (χ1) is 10.8. The van der Waals surface area contributed by atoms with Crippen LogP contribution in [-0.4, -0.2) is 20.9 Å². The van der Waals surface area contributed by atoms with Crippen molar-refractivity contribution in [1.29, 1.82) is 0 Å². The van der Waals surface area contributed by atoms with Crippen LogP contribution < -0.4 is 0 Å². The molecule has 1 N–H and O–H groups in total. The lowest BCUT2D eigenvalue weighted by Gasteiger charge is -2.18. The van der Waals surface area contributed by atoms with E-state index in [0.717, 1.165) is 28.9 Å². The number of hydrogen-bond acceptors (Lipinski definition) is 2. The van der Waals surface area contributed by atoms with Crippen LogP contribution in [0.2, 0.25) is 0 Å². The summed E-state index contributed by atoms with van der Waals surface area (Å²) in [5.74, 6) is -0.967. The van der Waals surface area contributed by atoms with E-state index in [-0.39, 0.29) is 5.69 Å². The summed E-state index contributed by atoms with van der Waals surface area (Å²) in [6.45, 7) is 0. The fraction of sp³-hybridized carbons (Fsp3) is 0.111. The number of rotatable bonds is 2. The number of aryl methyl sites for hydroxylation is 1. The lowest BCUT2D eigenvalue weighted by molar-refractivity contribution is 0.0689. The maximum Gasteiger partial charge on any atom is 0.356 e. The van der Waals surface area contributed by atoms with E-state index < -0.39 is 5.97 Å². The zero-order valence-electron chi connectivity index (χ0n) is 11.9. The van der Waals surface area contributed by atoms with Crippen molar-refractivity contribution in [1.82, 2.24) is 9.78 Å². The molecule has 108 valence electrons. The third kappa shape index (κ3) is 1.84. The van der Waals surface area contributed by atoms with Gasteiger partial charge in [0.2, 0.25) is 0 Å². The Labute approximate surface area is 127 Å². The van der Waals surface area contributed by atoms with Gasteiger partial charge in [-0.05, 0) is 30.5 Å². The first-order valence-corrected chi connectivity index (χ1v) is 7.24. The van der Waals surface area contributed by atoms with Gasteiger partial charge in [-0.25, -0.2) is 9.48 Å².